The van der Waals surface area contributed by atoms with Gasteiger partial charge in [-0.1, -0.05) is 12.1 Å². The summed E-state index contributed by atoms with van der Waals surface area (Å²) in [6, 6.07) is 10.4. The van der Waals surface area contributed by atoms with E-state index in [2.05, 4.69) is 20.2 Å². The Morgan fingerprint density at radius 3 is 2.59 bits per heavy atom. The van der Waals surface area contributed by atoms with Crippen LogP contribution in [0.5, 0.6) is 0 Å². The number of benzene rings is 1. The first-order chi connectivity index (χ1) is 14.1. The zero-order valence-electron chi connectivity index (χ0n) is 16.4. The van der Waals surface area contributed by atoms with Gasteiger partial charge in [0.2, 0.25) is 0 Å². The van der Waals surface area contributed by atoms with Crippen LogP contribution in [0.15, 0.2) is 46.2 Å². The van der Waals surface area contributed by atoms with Gasteiger partial charge in [-0.2, -0.15) is 0 Å². The van der Waals surface area contributed by atoms with Gasteiger partial charge < -0.3 is 4.42 Å². The van der Waals surface area contributed by atoms with Crippen LogP contribution in [0.2, 0.25) is 0 Å². The molecule has 1 fully saturated rings. The third-order valence-electron chi connectivity index (χ3n) is 5.14. The van der Waals surface area contributed by atoms with Gasteiger partial charge >= 0.3 is 0 Å². The summed E-state index contributed by atoms with van der Waals surface area (Å²) in [5.41, 5.74) is 1.74. The van der Waals surface area contributed by atoms with E-state index >= 15 is 0 Å². The van der Waals surface area contributed by atoms with Crippen LogP contribution in [0.1, 0.15) is 22.9 Å². The summed E-state index contributed by atoms with van der Waals surface area (Å²) >= 11 is 1.70. The lowest BCUT2D eigenvalue weighted by Crippen LogP contribution is -2.30. The number of nitro benzene ring substituents is 1. The molecular weight excluding hydrogens is 388 g/mol. The molecule has 4 rings (SSSR count). The van der Waals surface area contributed by atoms with E-state index in [-0.39, 0.29) is 10.6 Å². The van der Waals surface area contributed by atoms with Crippen LogP contribution in [0.25, 0.3) is 11.3 Å². The Hall–Kier alpha value is -2.55. The highest BCUT2D eigenvalue weighted by atomic mass is 32.1. The summed E-state index contributed by atoms with van der Waals surface area (Å²) in [7, 11) is 0. The molecule has 0 aliphatic carbocycles. The predicted octanol–water partition coefficient (Wildman–Crippen LogP) is 4.33. The summed E-state index contributed by atoms with van der Waals surface area (Å²) < 4.78 is 5.96. The van der Waals surface area contributed by atoms with E-state index in [4.69, 9.17) is 4.42 Å². The number of para-hydroxylation sites is 1. The molecule has 1 saturated heterocycles. The summed E-state index contributed by atoms with van der Waals surface area (Å²) in [5.74, 6) is 1.38. The number of hydrogen-bond donors (Lipinski definition) is 0. The highest BCUT2D eigenvalue weighted by molar-refractivity contribution is 7.09. The quantitative estimate of drug-likeness (QED) is 0.443. The van der Waals surface area contributed by atoms with E-state index in [1.165, 1.54) is 6.07 Å². The average molecular weight is 413 g/mol. The molecule has 0 N–H and O–H groups in total. The molecule has 2 aromatic heterocycles. The van der Waals surface area contributed by atoms with Crippen LogP contribution in [0, 0.1) is 17.0 Å². The van der Waals surface area contributed by atoms with Gasteiger partial charge in [0.25, 0.3) is 5.69 Å². The third-order valence-corrected chi connectivity index (χ3v) is 5.96. The molecular formula is C21H24N4O3S. The maximum atomic E-state index is 11.3. The van der Waals surface area contributed by atoms with Crippen LogP contribution in [0.4, 0.5) is 5.69 Å². The van der Waals surface area contributed by atoms with Crippen molar-refractivity contribution in [2.45, 2.75) is 26.4 Å². The first-order valence-corrected chi connectivity index (χ1v) is 10.6. The average Bonchev–Trinajstić information content (AvgIpc) is 3.28. The Kier molecular flexibility index (Phi) is 6.03. The van der Waals surface area contributed by atoms with E-state index in [1.807, 2.05) is 19.1 Å². The van der Waals surface area contributed by atoms with Gasteiger partial charge in [-0.25, -0.2) is 4.98 Å². The summed E-state index contributed by atoms with van der Waals surface area (Å²) in [5, 5.41) is 14.5. The minimum atomic E-state index is -0.370. The standard InChI is InChI=1S/C21H24N4O3S/c1-16-22-17(15-29-16)13-23-9-4-10-24(12-11-23)14-18-7-8-21(28-18)19-5-2-3-6-20(19)25(26)27/h2-3,5-8,15H,4,9-14H2,1H3. The Labute approximate surface area is 173 Å². The minimum Gasteiger partial charge on any atom is -0.459 e. The second kappa shape index (κ2) is 8.86. The highest BCUT2D eigenvalue weighted by Gasteiger charge is 2.20. The van der Waals surface area contributed by atoms with Gasteiger partial charge in [0.1, 0.15) is 11.5 Å². The number of hydrogen-bond acceptors (Lipinski definition) is 7. The topological polar surface area (TPSA) is 75.7 Å². The molecule has 29 heavy (non-hydrogen) atoms. The van der Waals surface area contributed by atoms with Gasteiger partial charge in [-0.15, -0.1) is 11.3 Å². The zero-order chi connectivity index (χ0) is 20.2. The fraction of sp³-hybridized carbons (Fsp3) is 0.381. The fourth-order valence-corrected chi connectivity index (χ4v) is 4.32. The maximum Gasteiger partial charge on any atom is 0.280 e. The number of nitro groups is 1. The molecule has 152 valence electrons. The first kappa shape index (κ1) is 19.8. The summed E-state index contributed by atoms with van der Waals surface area (Å²) in [4.78, 5) is 20.3. The number of furan rings is 1. The highest BCUT2D eigenvalue weighted by Crippen LogP contribution is 2.31. The fourth-order valence-electron chi connectivity index (χ4n) is 3.72. The van der Waals surface area contributed by atoms with Gasteiger partial charge in [-0.3, -0.25) is 19.9 Å². The zero-order valence-corrected chi connectivity index (χ0v) is 17.2. The lowest BCUT2D eigenvalue weighted by atomic mass is 10.1. The van der Waals surface area contributed by atoms with Crippen molar-refractivity contribution >= 4 is 17.0 Å². The van der Waals surface area contributed by atoms with Crippen molar-refractivity contribution in [2.24, 2.45) is 0 Å². The molecule has 3 aromatic rings. The van der Waals surface area contributed by atoms with Crippen molar-refractivity contribution in [1.29, 1.82) is 0 Å². The number of rotatable bonds is 6. The largest absolute Gasteiger partial charge is 0.459 e. The molecule has 0 bridgehead atoms. The van der Waals surface area contributed by atoms with Crippen molar-refractivity contribution in [3.63, 3.8) is 0 Å². The van der Waals surface area contributed by atoms with Crippen molar-refractivity contribution in [1.82, 2.24) is 14.8 Å². The van der Waals surface area contributed by atoms with E-state index in [9.17, 15) is 10.1 Å². The van der Waals surface area contributed by atoms with Crippen molar-refractivity contribution in [2.75, 3.05) is 26.2 Å². The molecule has 3 heterocycles. The van der Waals surface area contributed by atoms with Crippen LogP contribution >= 0.6 is 11.3 Å². The molecule has 1 aliphatic rings. The van der Waals surface area contributed by atoms with Gasteiger partial charge in [0, 0.05) is 31.1 Å². The minimum absolute atomic E-state index is 0.0658. The second-order valence-corrected chi connectivity index (χ2v) is 8.37. The molecule has 1 aliphatic heterocycles. The van der Waals surface area contributed by atoms with Crippen molar-refractivity contribution in [3.05, 3.63) is 68.4 Å². The van der Waals surface area contributed by atoms with Crippen LogP contribution < -0.4 is 0 Å². The Morgan fingerprint density at radius 1 is 1.10 bits per heavy atom. The summed E-state index contributed by atoms with van der Waals surface area (Å²) in [6.07, 6.45) is 1.10. The molecule has 0 saturated carbocycles. The van der Waals surface area contributed by atoms with Gasteiger partial charge in [-0.05, 0) is 44.6 Å². The Bertz CT molecular complexity index is 984. The molecule has 0 amide bonds. The van der Waals surface area contributed by atoms with E-state index in [0.29, 0.717) is 17.9 Å². The number of aryl methyl sites for hydroxylation is 1. The van der Waals surface area contributed by atoms with Gasteiger partial charge in [0.15, 0.2) is 0 Å². The number of nitrogens with zero attached hydrogens (tertiary/aromatic N) is 4. The first-order valence-electron chi connectivity index (χ1n) is 9.77. The predicted molar refractivity (Wildman–Crippen MR) is 113 cm³/mol. The van der Waals surface area contributed by atoms with Crippen LogP contribution in [0.3, 0.4) is 0 Å². The molecule has 0 unspecified atom stereocenters. The summed E-state index contributed by atoms with van der Waals surface area (Å²) in [6.45, 7) is 7.69. The van der Waals surface area contributed by atoms with E-state index in [0.717, 1.165) is 55.6 Å². The molecule has 1 aromatic carbocycles. The normalized spacial score (nSPS) is 16.0. The lowest BCUT2D eigenvalue weighted by molar-refractivity contribution is -0.384. The monoisotopic (exact) mass is 412 g/mol. The molecule has 8 heteroatoms. The van der Waals surface area contributed by atoms with Crippen LogP contribution in [-0.2, 0) is 13.1 Å². The smallest absolute Gasteiger partial charge is 0.280 e. The second-order valence-electron chi connectivity index (χ2n) is 7.30. The SMILES string of the molecule is Cc1nc(CN2CCCN(Cc3ccc(-c4ccccc4[N+](=O)[O-])o3)CC2)cs1. The molecule has 0 radical (unpaired) electrons. The third kappa shape index (κ3) is 4.90. The maximum absolute atomic E-state index is 11.3. The van der Waals surface area contributed by atoms with E-state index in [1.54, 1.807) is 29.5 Å². The number of aromatic nitrogens is 1. The molecule has 0 spiro atoms. The Balaban J connectivity index is 1.37. The lowest BCUT2D eigenvalue weighted by Gasteiger charge is -2.20. The van der Waals surface area contributed by atoms with Gasteiger partial charge in [0.05, 0.1) is 27.7 Å². The Morgan fingerprint density at radius 2 is 1.86 bits per heavy atom. The number of thiazole rings is 1. The van der Waals surface area contributed by atoms with E-state index < -0.39 is 0 Å². The van der Waals surface area contributed by atoms with Crippen LogP contribution in [-0.4, -0.2) is 45.9 Å². The molecule has 7 nitrogen and oxygen atoms in total. The molecule has 0 atom stereocenters. The van der Waals surface area contributed by atoms with Crippen molar-refractivity contribution < 1.29 is 9.34 Å². The van der Waals surface area contributed by atoms with Crippen molar-refractivity contribution in [3.8, 4) is 11.3 Å².